The highest BCUT2D eigenvalue weighted by Crippen LogP contribution is 2.26. The first-order valence-corrected chi connectivity index (χ1v) is 11.0. The lowest BCUT2D eigenvalue weighted by Gasteiger charge is -2.23. The Hall–Kier alpha value is -3.23. The van der Waals surface area contributed by atoms with Crippen molar-refractivity contribution in [2.75, 3.05) is 31.7 Å². The van der Waals surface area contributed by atoms with E-state index < -0.39 is 0 Å². The van der Waals surface area contributed by atoms with E-state index in [1.165, 1.54) is 0 Å². The summed E-state index contributed by atoms with van der Waals surface area (Å²) < 4.78 is 12.9. The molecule has 1 aromatic carbocycles. The Bertz CT molecular complexity index is 1100. The summed E-state index contributed by atoms with van der Waals surface area (Å²) in [5.41, 5.74) is 5.46. The number of hydrogen-bond acceptors (Lipinski definition) is 6. The number of rotatable bonds is 7. The lowest BCUT2D eigenvalue weighted by Crippen LogP contribution is -2.34. The van der Waals surface area contributed by atoms with Gasteiger partial charge in [-0.3, -0.25) is 9.78 Å². The number of aromatic nitrogens is 3. The van der Waals surface area contributed by atoms with E-state index in [2.05, 4.69) is 20.7 Å². The van der Waals surface area contributed by atoms with Crippen molar-refractivity contribution in [1.29, 1.82) is 0 Å². The molecule has 3 heterocycles. The number of pyridine rings is 1. The Morgan fingerprint density at radius 2 is 2.09 bits per heavy atom. The normalized spacial score (nSPS) is 18.3. The van der Waals surface area contributed by atoms with Crippen LogP contribution >= 0.6 is 0 Å². The number of ether oxygens (including phenoxy) is 2. The van der Waals surface area contributed by atoms with Crippen molar-refractivity contribution in [2.24, 2.45) is 0 Å². The second kappa shape index (κ2) is 9.10. The molecule has 32 heavy (non-hydrogen) atoms. The van der Waals surface area contributed by atoms with Gasteiger partial charge in [-0.2, -0.15) is 5.10 Å². The van der Waals surface area contributed by atoms with Gasteiger partial charge in [-0.05, 0) is 49.1 Å². The van der Waals surface area contributed by atoms with Crippen LogP contribution in [0, 0.1) is 6.92 Å². The number of anilines is 1. The van der Waals surface area contributed by atoms with Crippen molar-refractivity contribution in [3.63, 3.8) is 0 Å². The summed E-state index contributed by atoms with van der Waals surface area (Å²) in [5, 5.41) is 10.9. The molecule has 1 unspecified atom stereocenters. The summed E-state index contributed by atoms with van der Waals surface area (Å²) in [4.78, 5) is 16.8. The zero-order valence-electron chi connectivity index (χ0n) is 18.1. The standard InChI is InChI=1S/C24H27N5O3/c1-16-2-3-17(24(30)28-19-4-5-19)8-23(16)18-10-27-29(14-18)21-9-20(11-25-12-21)26-13-22-15-31-6-7-32-22/h2-3,8-12,14,19,22,26H,4-7,13,15H2,1H3,(H,28,30). The Balaban J connectivity index is 1.32. The first-order valence-electron chi connectivity index (χ1n) is 11.0. The quantitative estimate of drug-likeness (QED) is 0.595. The number of nitrogens with zero attached hydrogens (tertiary/aromatic N) is 3. The fourth-order valence-corrected chi connectivity index (χ4v) is 3.71. The molecule has 2 aliphatic rings. The fraction of sp³-hybridized carbons (Fsp3) is 0.375. The molecular weight excluding hydrogens is 406 g/mol. The van der Waals surface area contributed by atoms with E-state index >= 15 is 0 Å². The topological polar surface area (TPSA) is 90.3 Å². The third kappa shape index (κ3) is 4.81. The van der Waals surface area contributed by atoms with Gasteiger partial charge in [-0.15, -0.1) is 0 Å². The predicted molar refractivity (Wildman–Crippen MR) is 121 cm³/mol. The summed E-state index contributed by atoms with van der Waals surface area (Å²) in [6.07, 6.45) is 9.51. The lowest BCUT2D eigenvalue weighted by atomic mass is 10.0. The summed E-state index contributed by atoms with van der Waals surface area (Å²) in [6.45, 7) is 4.58. The number of amides is 1. The maximum Gasteiger partial charge on any atom is 0.251 e. The van der Waals surface area contributed by atoms with Gasteiger partial charge in [-0.1, -0.05) is 6.07 Å². The van der Waals surface area contributed by atoms with Crippen LogP contribution < -0.4 is 10.6 Å². The average Bonchev–Trinajstić information content (AvgIpc) is 3.50. The molecule has 0 radical (unpaired) electrons. The van der Waals surface area contributed by atoms with E-state index in [-0.39, 0.29) is 12.0 Å². The number of carbonyl (C=O) groups is 1. The molecule has 8 heteroatoms. The minimum atomic E-state index is -0.0172. The molecule has 1 aliphatic carbocycles. The number of aryl methyl sites for hydroxylation is 1. The molecular formula is C24H27N5O3. The Morgan fingerprint density at radius 3 is 2.91 bits per heavy atom. The molecule has 1 saturated heterocycles. The summed E-state index contributed by atoms with van der Waals surface area (Å²) >= 11 is 0. The van der Waals surface area contributed by atoms with Crippen LogP contribution in [0.4, 0.5) is 5.69 Å². The number of nitrogens with one attached hydrogen (secondary N) is 2. The van der Waals surface area contributed by atoms with Crippen molar-refractivity contribution >= 4 is 11.6 Å². The lowest BCUT2D eigenvalue weighted by molar-refractivity contribution is -0.0818. The van der Waals surface area contributed by atoms with E-state index in [1.807, 2.05) is 43.6 Å². The molecule has 8 nitrogen and oxygen atoms in total. The highest BCUT2D eigenvalue weighted by molar-refractivity contribution is 5.96. The monoisotopic (exact) mass is 433 g/mol. The van der Waals surface area contributed by atoms with E-state index in [0.29, 0.717) is 38.0 Å². The first kappa shape index (κ1) is 20.7. The van der Waals surface area contributed by atoms with Crippen LogP contribution in [-0.4, -0.2) is 59.2 Å². The van der Waals surface area contributed by atoms with Crippen molar-refractivity contribution in [3.8, 4) is 16.8 Å². The number of carbonyl (C=O) groups excluding carboxylic acids is 1. The van der Waals surface area contributed by atoms with Crippen LogP contribution in [0.3, 0.4) is 0 Å². The molecule has 2 N–H and O–H groups in total. The average molecular weight is 434 g/mol. The van der Waals surface area contributed by atoms with E-state index in [0.717, 1.165) is 40.9 Å². The Kier molecular flexibility index (Phi) is 5.87. The highest BCUT2D eigenvalue weighted by Gasteiger charge is 2.24. The second-order valence-corrected chi connectivity index (χ2v) is 8.33. The van der Waals surface area contributed by atoms with Crippen LogP contribution in [0.15, 0.2) is 49.1 Å². The molecule has 1 saturated carbocycles. The smallest absolute Gasteiger partial charge is 0.251 e. The van der Waals surface area contributed by atoms with Gasteiger partial charge in [0.2, 0.25) is 0 Å². The van der Waals surface area contributed by atoms with Crippen LogP contribution in [0.5, 0.6) is 0 Å². The van der Waals surface area contributed by atoms with Crippen molar-refractivity contribution in [2.45, 2.75) is 31.9 Å². The third-order valence-corrected chi connectivity index (χ3v) is 5.71. The van der Waals surface area contributed by atoms with Crippen LogP contribution in [0.25, 0.3) is 16.8 Å². The van der Waals surface area contributed by atoms with E-state index in [1.54, 1.807) is 17.1 Å². The minimum Gasteiger partial charge on any atom is -0.381 e. The Labute approximate surface area is 186 Å². The second-order valence-electron chi connectivity index (χ2n) is 8.33. The minimum absolute atomic E-state index is 0.0172. The molecule has 2 fully saturated rings. The maximum atomic E-state index is 12.5. The van der Waals surface area contributed by atoms with Gasteiger partial charge in [0.1, 0.15) is 0 Å². The fourth-order valence-electron chi connectivity index (χ4n) is 3.71. The maximum absolute atomic E-state index is 12.5. The van der Waals surface area contributed by atoms with Crippen molar-refractivity contribution < 1.29 is 14.3 Å². The van der Waals surface area contributed by atoms with Gasteiger partial charge in [0.05, 0.1) is 55.9 Å². The van der Waals surface area contributed by atoms with Gasteiger partial charge in [0, 0.05) is 29.9 Å². The molecule has 0 bridgehead atoms. The summed E-state index contributed by atoms with van der Waals surface area (Å²) in [7, 11) is 0. The van der Waals surface area contributed by atoms with Crippen molar-refractivity contribution in [3.05, 3.63) is 60.2 Å². The molecule has 3 aromatic rings. The number of benzene rings is 1. The molecule has 1 atom stereocenters. The predicted octanol–water partition coefficient (Wildman–Crippen LogP) is 2.96. The van der Waals surface area contributed by atoms with E-state index in [9.17, 15) is 4.79 Å². The van der Waals surface area contributed by atoms with Gasteiger partial charge < -0.3 is 20.1 Å². The first-order chi connectivity index (χ1) is 15.7. The molecule has 5 rings (SSSR count). The SMILES string of the molecule is Cc1ccc(C(=O)NC2CC2)cc1-c1cnn(-c2cncc(NCC3COCCO3)c2)c1. The zero-order chi connectivity index (χ0) is 21.9. The number of hydrogen-bond donors (Lipinski definition) is 2. The summed E-state index contributed by atoms with van der Waals surface area (Å²) in [5.74, 6) is -0.0172. The van der Waals surface area contributed by atoms with Gasteiger partial charge >= 0.3 is 0 Å². The van der Waals surface area contributed by atoms with Crippen LogP contribution in [0.2, 0.25) is 0 Å². The molecule has 166 valence electrons. The van der Waals surface area contributed by atoms with Gasteiger partial charge in [-0.25, -0.2) is 4.68 Å². The highest BCUT2D eigenvalue weighted by atomic mass is 16.6. The molecule has 2 aromatic heterocycles. The van der Waals surface area contributed by atoms with Gasteiger partial charge in [0.15, 0.2) is 0 Å². The van der Waals surface area contributed by atoms with Gasteiger partial charge in [0.25, 0.3) is 5.91 Å². The summed E-state index contributed by atoms with van der Waals surface area (Å²) in [6, 6.07) is 8.13. The Morgan fingerprint density at radius 1 is 1.19 bits per heavy atom. The van der Waals surface area contributed by atoms with Crippen LogP contribution in [0.1, 0.15) is 28.8 Å². The zero-order valence-corrected chi connectivity index (χ0v) is 18.1. The largest absolute Gasteiger partial charge is 0.381 e. The third-order valence-electron chi connectivity index (χ3n) is 5.71. The van der Waals surface area contributed by atoms with Crippen molar-refractivity contribution in [1.82, 2.24) is 20.1 Å². The van der Waals surface area contributed by atoms with E-state index in [4.69, 9.17) is 9.47 Å². The molecule has 1 aliphatic heterocycles. The molecule has 1 amide bonds. The van der Waals surface area contributed by atoms with Crippen LogP contribution in [-0.2, 0) is 9.47 Å². The molecule has 0 spiro atoms.